The van der Waals surface area contributed by atoms with Gasteiger partial charge in [-0.1, -0.05) is 30.3 Å². The molecule has 2 rings (SSSR count). The second-order valence-electron chi connectivity index (χ2n) is 10.3. The Hall–Kier alpha value is -4.61. The molecule has 6 atom stereocenters. The van der Waals surface area contributed by atoms with Gasteiger partial charge >= 0.3 is 5.97 Å². The lowest BCUT2D eigenvalue weighted by Gasteiger charge is -2.26. The molecule has 242 valence electrons. The minimum atomic E-state index is -1.55. The molecule has 0 bridgehead atoms. The summed E-state index contributed by atoms with van der Waals surface area (Å²) in [5.74, 6) is -6.49. The molecule has 0 unspecified atom stereocenters. The van der Waals surface area contributed by atoms with E-state index in [0.717, 1.165) is 0 Å². The summed E-state index contributed by atoms with van der Waals surface area (Å²) in [6.07, 6.45) is -1.28. The number of primary amides is 1. The first-order valence-electron chi connectivity index (χ1n) is 13.8. The molecule has 0 saturated carbocycles. The minimum absolute atomic E-state index is 0.0521. The molecule has 0 radical (unpaired) electrons. The number of carboxylic acid groups (broad SMARTS) is 1. The average Bonchev–Trinajstić information content (AvgIpc) is 3.47. The van der Waals surface area contributed by atoms with E-state index >= 15 is 0 Å². The number of hydrogen-bond donors (Lipinski definition) is 9. The number of aliphatic carboxylic acids is 1. The van der Waals surface area contributed by atoms with Crippen LogP contribution in [0.1, 0.15) is 31.7 Å². The zero-order valence-electron chi connectivity index (χ0n) is 24.1. The van der Waals surface area contributed by atoms with E-state index in [4.69, 9.17) is 16.6 Å². The number of nitrogens with one attached hydrogen (secondary N) is 4. The van der Waals surface area contributed by atoms with Crippen molar-refractivity contribution in [2.24, 2.45) is 11.5 Å². The second kappa shape index (κ2) is 16.9. The van der Waals surface area contributed by atoms with Crippen molar-refractivity contribution in [3.8, 4) is 0 Å². The third kappa shape index (κ3) is 10.6. The van der Waals surface area contributed by atoms with E-state index < -0.39 is 97.3 Å². The molecule has 1 aromatic rings. The summed E-state index contributed by atoms with van der Waals surface area (Å²) in [5, 5.41) is 37.2. The lowest BCUT2D eigenvalue weighted by atomic mass is 10.0. The highest BCUT2D eigenvalue weighted by Crippen LogP contribution is 2.17. The van der Waals surface area contributed by atoms with E-state index in [9.17, 15) is 43.8 Å². The van der Waals surface area contributed by atoms with Crippen LogP contribution in [0.15, 0.2) is 30.3 Å². The molecule has 17 heteroatoms. The molecule has 17 nitrogen and oxygen atoms in total. The van der Waals surface area contributed by atoms with Crippen molar-refractivity contribution in [1.82, 2.24) is 26.2 Å². The highest BCUT2D eigenvalue weighted by Gasteiger charge is 2.36. The van der Waals surface area contributed by atoms with E-state index in [1.54, 1.807) is 30.3 Å². The summed E-state index contributed by atoms with van der Waals surface area (Å²) in [6, 6.07) is 1.71. The standard InChI is InChI=1S/C27H39N7O10/c1-14(36)22(29)26(42)32-17(11-20(28)37)24(40)31-16(10-15-6-3-2-4-7-15)23(39)30-12-21(38)34-9-5-8-19(34)25(41)33-18(13-35)27(43)44/h2-4,6-7,14,16-19,22,35-36H,5,8-13,29H2,1H3,(H2,28,37)(H,30,39)(H,31,40)(H,32,42)(H,33,41)(H,43,44)/t14-,16-,17+,18+,19+,22+/m1/s1. The lowest BCUT2D eigenvalue weighted by Crippen LogP contribution is -2.58. The van der Waals surface area contributed by atoms with Crippen molar-refractivity contribution in [2.45, 2.75) is 68.9 Å². The number of aliphatic hydroxyl groups excluding tert-OH is 2. The van der Waals surface area contributed by atoms with Gasteiger partial charge in [0, 0.05) is 13.0 Å². The maximum absolute atomic E-state index is 13.2. The maximum atomic E-state index is 13.2. The number of carbonyl (C=O) groups excluding carboxylic acids is 6. The van der Waals surface area contributed by atoms with Gasteiger partial charge in [-0.25, -0.2) is 4.79 Å². The number of likely N-dealkylation sites (tertiary alicyclic amines) is 1. The number of benzene rings is 1. The number of aliphatic hydroxyl groups is 2. The molecule has 44 heavy (non-hydrogen) atoms. The van der Waals surface area contributed by atoms with Crippen LogP contribution in [0, 0.1) is 0 Å². The Morgan fingerprint density at radius 3 is 2.16 bits per heavy atom. The molecule has 0 aromatic heterocycles. The highest BCUT2D eigenvalue weighted by atomic mass is 16.4. The quantitative estimate of drug-likeness (QED) is 0.0847. The van der Waals surface area contributed by atoms with Crippen LogP contribution in [-0.2, 0) is 40.0 Å². The Balaban J connectivity index is 2.15. The second-order valence-corrected chi connectivity index (χ2v) is 10.3. The monoisotopic (exact) mass is 621 g/mol. The Bertz CT molecular complexity index is 1210. The largest absolute Gasteiger partial charge is 0.480 e. The molecule has 6 amide bonds. The summed E-state index contributed by atoms with van der Waals surface area (Å²) >= 11 is 0. The number of carboxylic acids is 1. The zero-order valence-corrected chi connectivity index (χ0v) is 24.1. The van der Waals surface area contributed by atoms with Crippen molar-refractivity contribution in [3.05, 3.63) is 35.9 Å². The summed E-state index contributed by atoms with van der Waals surface area (Å²) in [4.78, 5) is 88.3. The maximum Gasteiger partial charge on any atom is 0.328 e. The van der Waals surface area contributed by atoms with E-state index in [-0.39, 0.29) is 19.4 Å². The fraction of sp³-hybridized carbons (Fsp3) is 0.519. The Kier molecular flexibility index (Phi) is 13.7. The SMILES string of the molecule is C[C@@H](O)[C@H](N)C(=O)N[C@@H](CC(N)=O)C(=O)N[C@H](Cc1ccccc1)C(=O)NCC(=O)N1CCC[C@H]1C(=O)N[C@@H](CO)C(=O)O. The third-order valence-electron chi connectivity index (χ3n) is 6.86. The Labute approximate surface area is 252 Å². The van der Waals surface area contributed by atoms with Gasteiger partial charge in [0.2, 0.25) is 35.4 Å². The number of hydrogen-bond acceptors (Lipinski definition) is 10. The number of nitrogens with two attached hydrogens (primary N) is 2. The van der Waals surface area contributed by atoms with E-state index in [2.05, 4.69) is 21.3 Å². The summed E-state index contributed by atoms with van der Waals surface area (Å²) < 4.78 is 0. The van der Waals surface area contributed by atoms with Crippen molar-refractivity contribution < 1.29 is 48.9 Å². The third-order valence-corrected chi connectivity index (χ3v) is 6.86. The number of amides is 6. The van der Waals surface area contributed by atoms with Crippen molar-refractivity contribution in [1.29, 1.82) is 0 Å². The molecular weight excluding hydrogens is 582 g/mol. The molecule has 0 spiro atoms. The minimum Gasteiger partial charge on any atom is -0.480 e. The van der Waals surface area contributed by atoms with Crippen LogP contribution in [0.4, 0.5) is 0 Å². The van der Waals surface area contributed by atoms with E-state index in [1.165, 1.54) is 11.8 Å². The first-order chi connectivity index (χ1) is 20.7. The highest BCUT2D eigenvalue weighted by molar-refractivity contribution is 5.97. The summed E-state index contributed by atoms with van der Waals surface area (Å²) in [7, 11) is 0. The van der Waals surface area contributed by atoms with Gasteiger partial charge in [-0.15, -0.1) is 0 Å². The van der Waals surface area contributed by atoms with Gasteiger partial charge in [0.25, 0.3) is 0 Å². The van der Waals surface area contributed by atoms with Gasteiger partial charge in [-0.2, -0.15) is 0 Å². The van der Waals surface area contributed by atoms with Crippen LogP contribution in [0.25, 0.3) is 0 Å². The fourth-order valence-corrected chi connectivity index (χ4v) is 4.41. The number of carbonyl (C=O) groups is 7. The van der Waals surface area contributed by atoms with Crippen LogP contribution in [0.3, 0.4) is 0 Å². The van der Waals surface area contributed by atoms with Crippen molar-refractivity contribution in [3.63, 3.8) is 0 Å². The molecule has 1 aromatic carbocycles. The van der Waals surface area contributed by atoms with Crippen LogP contribution >= 0.6 is 0 Å². The molecule has 1 aliphatic heterocycles. The summed E-state index contributed by atoms with van der Waals surface area (Å²) in [5.41, 5.74) is 11.5. The fourth-order valence-electron chi connectivity index (χ4n) is 4.41. The first kappa shape index (κ1) is 35.6. The zero-order chi connectivity index (χ0) is 33.0. The van der Waals surface area contributed by atoms with Crippen LogP contribution in [0.5, 0.6) is 0 Å². The lowest BCUT2D eigenvalue weighted by molar-refractivity contribution is -0.145. The predicted octanol–water partition coefficient (Wildman–Crippen LogP) is -4.55. The summed E-state index contributed by atoms with van der Waals surface area (Å²) in [6.45, 7) is 0.00496. The average molecular weight is 622 g/mol. The van der Waals surface area contributed by atoms with Crippen molar-refractivity contribution in [2.75, 3.05) is 19.7 Å². The van der Waals surface area contributed by atoms with E-state index in [1.807, 2.05) is 0 Å². The van der Waals surface area contributed by atoms with Gasteiger partial charge in [0.05, 0.1) is 25.7 Å². The molecule has 1 fully saturated rings. The van der Waals surface area contributed by atoms with Gasteiger partial charge in [-0.3, -0.25) is 28.8 Å². The molecule has 1 saturated heterocycles. The van der Waals surface area contributed by atoms with Crippen molar-refractivity contribution >= 4 is 41.4 Å². The number of rotatable bonds is 16. The Morgan fingerprint density at radius 1 is 0.955 bits per heavy atom. The first-order valence-corrected chi connectivity index (χ1v) is 13.8. The van der Waals surface area contributed by atoms with Crippen LogP contribution < -0.4 is 32.7 Å². The normalized spacial score (nSPS) is 17.7. The molecule has 1 heterocycles. The molecule has 11 N–H and O–H groups in total. The van der Waals surface area contributed by atoms with Gasteiger partial charge in [-0.05, 0) is 25.3 Å². The van der Waals surface area contributed by atoms with E-state index in [0.29, 0.717) is 12.0 Å². The van der Waals surface area contributed by atoms with Crippen LogP contribution in [-0.4, -0.2) is 118 Å². The van der Waals surface area contributed by atoms with Gasteiger partial charge in [0.1, 0.15) is 30.2 Å². The smallest absolute Gasteiger partial charge is 0.328 e. The van der Waals surface area contributed by atoms with Gasteiger partial charge < -0.3 is 53.0 Å². The molecule has 0 aliphatic carbocycles. The topological polar surface area (TPSA) is 284 Å². The Morgan fingerprint density at radius 2 is 1.59 bits per heavy atom. The number of nitrogens with zero attached hydrogens (tertiary/aromatic N) is 1. The molecule has 1 aliphatic rings. The predicted molar refractivity (Wildman–Crippen MR) is 152 cm³/mol. The van der Waals surface area contributed by atoms with Gasteiger partial charge in [0.15, 0.2) is 0 Å². The molecular formula is C27H39N7O10. The van der Waals surface area contributed by atoms with Crippen LogP contribution in [0.2, 0.25) is 0 Å².